The molecule has 0 saturated heterocycles. The lowest BCUT2D eigenvalue weighted by Crippen LogP contribution is -2.25. The quantitative estimate of drug-likeness (QED) is 0.575. The summed E-state index contributed by atoms with van der Waals surface area (Å²) in [5, 5.41) is 13.1. The molecule has 1 heterocycles. The Kier molecular flexibility index (Phi) is 5.14. The molecule has 0 saturated carbocycles. The number of aromatic nitrogens is 1. The van der Waals surface area contributed by atoms with Crippen LogP contribution in [0.2, 0.25) is 5.02 Å². The van der Waals surface area contributed by atoms with E-state index in [4.69, 9.17) is 16.3 Å². The van der Waals surface area contributed by atoms with Gasteiger partial charge in [0.1, 0.15) is 12.4 Å². The van der Waals surface area contributed by atoms with Gasteiger partial charge in [-0.25, -0.2) is 4.79 Å². The number of carboxylic acid groups (broad SMARTS) is 1. The number of H-pyrrole nitrogens is 1. The predicted molar refractivity (Wildman–Crippen MR) is 99.9 cm³/mol. The number of nitrogens with one attached hydrogen (secondary N) is 2. The maximum atomic E-state index is 11.4. The van der Waals surface area contributed by atoms with Crippen molar-refractivity contribution in [1.29, 1.82) is 0 Å². The minimum absolute atomic E-state index is 0.121. The number of hydrogen-bond donors (Lipinski definition) is 3. The molecule has 6 nitrogen and oxygen atoms in total. The normalized spacial score (nSPS) is 10.7. The second-order valence-electron chi connectivity index (χ2n) is 5.71. The Bertz CT molecular complexity index is 981. The Balaban J connectivity index is 1.98. The fourth-order valence-electron chi connectivity index (χ4n) is 2.73. The number of carboxylic acids is 1. The van der Waals surface area contributed by atoms with Crippen molar-refractivity contribution in [1.82, 2.24) is 10.3 Å². The Hall–Kier alpha value is -2.99. The van der Waals surface area contributed by atoms with Gasteiger partial charge in [-0.05, 0) is 18.2 Å². The van der Waals surface area contributed by atoms with Crippen LogP contribution in [-0.2, 0) is 4.79 Å². The molecule has 3 rings (SSSR count). The minimum atomic E-state index is -1.01. The number of aromatic carboxylic acids is 1. The molecule has 2 aromatic carbocycles. The summed E-state index contributed by atoms with van der Waals surface area (Å²) in [6.45, 7) is 2.14. The van der Waals surface area contributed by atoms with Crippen LogP contribution in [0.25, 0.3) is 22.0 Å². The highest BCUT2D eigenvalue weighted by atomic mass is 35.5. The van der Waals surface area contributed by atoms with Gasteiger partial charge < -0.3 is 20.1 Å². The molecule has 0 aliphatic heterocycles. The fourth-order valence-corrected chi connectivity index (χ4v) is 3.00. The molecule has 3 aromatic rings. The van der Waals surface area contributed by atoms with Crippen molar-refractivity contribution in [3.05, 3.63) is 53.2 Å². The Morgan fingerprint density at radius 1 is 1.23 bits per heavy atom. The highest BCUT2D eigenvalue weighted by Gasteiger charge is 2.16. The van der Waals surface area contributed by atoms with Crippen LogP contribution < -0.4 is 10.1 Å². The van der Waals surface area contributed by atoms with Crippen LogP contribution in [0.5, 0.6) is 5.75 Å². The summed E-state index contributed by atoms with van der Waals surface area (Å²) in [7, 11) is 0. The summed E-state index contributed by atoms with van der Waals surface area (Å²) >= 11 is 6.42. The van der Waals surface area contributed by atoms with Crippen molar-refractivity contribution in [2.45, 2.75) is 6.92 Å². The van der Waals surface area contributed by atoms with Gasteiger partial charge >= 0.3 is 5.97 Å². The third kappa shape index (κ3) is 3.65. The summed E-state index contributed by atoms with van der Waals surface area (Å²) < 4.78 is 5.77. The number of carbonyl (C=O) groups is 2. The molecule has 26 heavy (non-hydrogen) atoms. The number of aromatic amines is 1. The number of ether oxygens (including phenoxy) is 1. The van der Waals surface area contributed by atoms with Gasteiger partial charge in [-0.15, -0.1) is 0 Å². The zero-order chi connectivity index (χ0) is 18.7. The lowest BCUT2D eigenvalue weighted by molar-refractivity contribution is -0.119. The van der Waals surface area contributed by atoms with Gasteiger partial charge in [-0.2, -0.15) is 0 Å². The van der Waals surface area contributed by atoms with Gasteiger partial charge in [-0.1, -0.05) is 29.8 Å². The number of halogens is 1. The molecule has 0 fully saturated rings. The van der Waals surface area contributed by atoms with Gasteiger partial charge in [0, 0.05) is 35.2 Å². The first-order valence-electron chi connectivity index (χ1n) is 7.98. The summed E-state index contributed by atoms with van der Waals surface area (Å²) in [5.41, 5.74) is 2.26. The van der Waals surface area contributed by atoms with Crippen LogP contribution in [0, 0.1) is 0 Å². The summed E-state index contributed by atoms with van der Waals surface area (Å²) in [6, 6.07) is 10.8. The van der Waals surface area contributed by atoms with Gasteiger partial charge in [0.2, 0.25) is 5.91 Å². The van der Waals surface area contributed by atoms with E-state index in [1.165, 1.54) is 13.1 Å². The van der Waals surface area contributed by atoms with E-state index >= 15 is 0 Å². The van der Waals surface area contributed by atoms with E-state index in [-0.39, 0.29) is 11.5 Å². The predicted octanol–water partition coefficient (Wildman–Crippen LogP) is 3.70. The molecule has 134 valence electrons. The van der Waals surface area contributed by atoms with E-state index < -0.39 is 5.97 Å². The van der Waals surface area contributed by atoms with E-state index in [0.717, 1.165) is 5.56 Å². The third-order valence-electron chi connectivity index (χ3n) is 3.91. The monoisotopic (exact) mass is 372 g/mol. The van der Waals surface area contributed by atoms with Crippen LogP contribution in [-0.4, -0.2) is 35.1 Å². The summed E-state index contributed by atoms with van der Waals surface area (Å²) in [6.07, 6.45) is 1.45. The number of rotatable bonds is 6. The lowest BCUT2D eigenvalue weighted by Gasteiger charge is -2.13. The number of benzene rings is 2. The SMILES string of the molecule is CC(=O)NCCOc1ccccc1-c1cc2c(C(=O)O)c[nH]c2cc1Cl. The zero-order valence-electron chi connectivity index (χ0n) is 14.0. The van der Waals surface area contributed by atoms with Crippen molar-refractivity contribution >= 4 is 34.4 Å². The Morgan fingerprint density at radius 2 is 2.00 bits per heavy atom. The van der Waals surface area contributed by atoms with Gasteiger partial charge in [0.05, 0.1) is 17.1 Å². The molecule has 0 atom stereocenters. The second kappa shape index (κ2) is 7.49. The molecule has 0 aliphatic rings. The largest absolute Gasteiger partial charge is 0.491 e. The molecule has 1 amide bonds. The standard InChI is InChI=1S/C19H17ClN2O4/c1-11(23)21-6-7-26-18-5-3-2-4-12(18)13-8-14-15(19(24)25)10-22-17(14)9-16(13)20/h2-5,8-10,22H,6-7H2,1H3,(H,21,23)(H,24,25). The van der Waals surface area contributed by atoms with Crippen LogP contribution in [0.1, 0.15) is 17.3 Å². The highest BCUT2D eigenvalue weighted by molar-refractivity contribution is 6.34. The second-order valence-corrected chi connectivity index (χ2v) is 6.12. The molecule has 0 bridgehead atoms. The molecule has 7 heteroatoms. The lowest BCUT2D eigenvalue weighted by atomic mass is 10.0. The first-order chi connectivity index (χ1) is 12.5. The molecular formula is C19H17ClN2O4. The van der Waals surface area contributed by atoms with Crippen molar-refractivity contribution < 1.29 is 19.4 Å². The van der Waals surface area contributed by atoms with Crippen LogP contribution in [0.3, 0.4) is 0 Å². The van der Waals surface area contributed by atoms with E-state index in [2.05, 4.69) is 10.3 Å². The van der Waals surface area contributed by atoms with Crippen LogP contribution in [0.4, 0.5) is 0 Å². The highest BCUT2D eigenvalue weighted by Crippen LogP contribution is 2.38. The topological polar surface area (TPSA) is 91.4 Å². The van der Waals surface area contributed by atoms with E-state index in [9.17, 15) is 14.7 Å². The van der Waals surface area contributed by atoms with Crippen LogP contribution in [0.15, 0.2) is 42.6 Å². The molecule has 0 spiro atoms. The molecule has 0 radical (unpaired) electrons. The number of carbonyl (C=O) groups excluding carboxylic acids is 1. The Labute approximate surface area is 154 Å². The fraction of sp³-hybridized carbons (Fsp3) is 0.158. The third-order valence-corrected chi connectivity index (χ3v) is 4.22. The van der Waals surface area contributed by atoms with Gasteiger partial charge in [0.15, 0.2) is 0 Å². The van der Waals surface area contributed by atoms with Crippen LogP contribution >= 0.6 is 11.6 Å². The molecule has 3 N–H and O–H groups in total. The minimum Gasteiger partial charge on any atom is -0.491 e. The maximum Gasteiger partial charge on any atom is 0.337 e. The van der Waals surface area contributed by atoms with Crippen molar-refractivity contribution in [2.75, 3.05) is 13.2 Å². The average molecular weight is 373 g/mol. The smallest absolute Gasteiger partial charge is 0.337 e. The van der Waals surface area contributed by atoms with E-state index in [0.29, 0.717) is 40.4 Å². The summed E-state index contributed by atoms with van der Waals surface area (Å²) in [4.78, 5) is 25.3. The Morgan fingerprint density at radius 3 is 2.73 bits per heavy atom. The number of amides is 1. The molecule has 1 aromatic heterocycles. The van der Waals surface area contributed by atoms with Crippen molar-refractivity contribution in [3.8, 4) is 16.9 Å². The number of para-hydroxylation sites is 1. The van der Waals surface area contributed by atoms with E-state index in [1.54, 1.807) is 18.2 Å². The maximum absolute atomic E-state index is 11.4. The van der Waals surface area contributed by atoms with E-state index in [1.807, 2.05) is 18.2 Å². The number of hydrogen-bond acceptors (Lipinski definition) is 3. The first-order valence-corrected chi connectivity index (χ1v) is 8.35. The average Bonchev–Trinajstić information content (AvgIpc) is 3.01. The first kappa shape index (κ1) is 17.8. The van der Waals surface area contributed by atoms with Gasteiger partial charge in [-0.3, -0.25) is 4.79 Å². The zero-order valence-corrected chi connectivity index (χ0v) is 14.8. The van der Waals surface area contributed by atoms with Crippen molar-refractivity contribution in [2.24, 2.45) is 0 Å². The molecular weight excluding hydrogens is 356 g/mol. The van der Waals surface area contributed by atoms with Crippen molar-refractivity contribution in [3.63, 3.8) is 0 Å². The molecule has 0 unspecified atom stereocenters. The summed E-state index contributed by atoms with van der Waals surface area (Å²) in [5.74, 6) is -0.528. The number of fused-ring (bicyclic) bond motifs is 1. The van der Waals surface area contributed by atoms with Gasteiger partial charge in [0.25, 0.3) is 0 Å². The molecule has 0 aliphatic carbocycles.